The van der Waals surface area contributed by atoms with Crippen LogP contribution in [0.4, 0.5) is 0 Å². The molecule has 0 aliphatic heterocycles. The van der Waals surface area contributed by atoms with Gasteiger partial charge in [-0.15, -0.1) is 6.58 Å². The first kappa shape index (κ1) is 11.6. The molecule has 0 unspecified atom stereocenters. The lowest BCUT2D eigenvalue weighted by Crippen LogP contribution is -2.35. The van der Waals surface area contributed by atoms with Crippen LogP contribution in [0.2, 0.25) is 0 Å². The molecule has 5 heteroatoms. The number of hydrogen-bond donors (Lipinski definition) is 0. The van der Waals surface area contributed by atoms with Crippen LogP contribution in [0, 0.1) is 0 Å². The first-order chi connectivity index (χ1) is 6.17. The van der Waals surface area contributed by atoms with Crippen molar-refractivity contribution in [3.05, 3.63) is 12.7 Å². The maximum absolute atomic E-state index is 10.9. The van der Waals surface area contributed by atoms with Crippen LogP contribution in [0.3, 0.4) is 0 Å². The van der Waals surface area contributed by atoms with E-state index >= 15 is 0 Å². The minimum absolute atomic E-state index is 0.0782. The topological polar surface area (TPSA) is 61.8 Å². The zero-order valence-electron chi connectivity index (χ0n) is 7.61. The Hall–Kier alpha value is -1.36. The number of ether oxygens (including phenoxy) is 3. The van der Waals surface area contributed by atoms with Crippen LogP contribution >= 0.6 is 0 Å². The van der Waals surface area contributed by atoms with Crippen LogP contribution in [-0.2, 0) is 23.8 Å². The molecule has 0 aliphatic rings. The molecule has 0 heterocycles. The van der Waals surface area contributed by atoms with Crippen molar-refractivity contribution in [1.82, 2.24) is 0 Å². The number of carbonyl (C=O) groups excluding carboxylic acids is 2. The van der Waals surface area contributed by atoms with Crippen LogP contribution in [0.25, 0.3) is 0 Å². The van der Waals surface area contributed by atoms with Gasteiger partial charge in [0, 0.05) is 0 Å². The molecular weight excluding hydrogens is 176 g/mol. The van der Waals surface area contributed by atoms with Crippen molar-refractivity contribution in [2.75, 3.05) is 20.8 Å². The van der Waals surface area contributed by atoms with Crippen molar-refractivity contribution in [3.8, 4) is 0 Å². The van der Waals surface area contributed by atoms with Crippen molar-refractivity contribution in [3.63, 3.8) is 0 Å². The van der Waals surface area contributed by atoms with Crippen molar-refractivity contribution in [2.45, 2.75) is 6.10 Å². The molecule has 0 aromatic heterocycles. The smallest absolute Gasteiger partial charge is 0.346 e. The fourth-order valence-electron chi connectivity index (χ4n) is 0.611. The molecule has 0 atom stereocenters. The van der Waals surface area contributed by atoms with Gasteiger partial charge >= 0.3 is 11.9 Å². The van der Waals surface area contributed by atoms with Crippen LogP contribution < -0.4 is 0 Å². The summed E-state index contributed by atoms with van der Waals surface area (Å²) in [4.78, 5) is 21.9. The quantitative estimate of drug-likeness (QED) is 0.342. The third-order valence-corrected chi connectivity index (χ3v) is 1.21. The Morgan fingerprint density at radius 1 is 1.31 bits per heavy atom. The molecule has 0 N–H and O–H groups in total. The van der Waals surface area contributed by atoms with E-state index in [2.05, 4.69) is 16.1 Å². The molecule has 0 spiro atoms. The second-order valence-corrected chi connectivity index (χ2v) is 2.05. The maximum atomic E-state index is 10.9. The number of carbonyl (C=O) groups is 2. The van der Waals surface area contributed by atoms with Gasteiger partial charge in [-0.05, 0) is 0 Å². The van der Waals surface area contributed by atoms with Gasteiger partial charge in [-0.1, -0.05) is 6.08 Å². The number of esters is 2. The maximum Gasteiger partial charge on any atom is 0.346 e. The summed E-state index contributed by atoms with van der Waals surface area (Å²) < 4.78 is 13.5. The molecule has 0 bridgehead atoms. The van der Waals surface area contributed by atoms with Crippen molar-refractivity contribution in [2.24, 2.45) is 0 Å². The van der Waals surface area contributed by atoms with E-state index in [1.54, 1.807) is 0 Å². The molecular formula is C8H12O5. The van der Waals surface area contributed by atoms with Crippen LogP contribution in [0.15, 0.2) is 12.7 Å². The second kappa shape index (κ2) is 6.19. The van der Waals surface area contributed by atoms with Gasteiger partial charge < -0.3 is 14.2 Å². The second-order valence-electron chi connectivity index (χ2n) is 2.05. The molecule has 13 heavy (non-hydrogen) atoms. The minimum Gasteiger partial charge on any atom is -0.467 e. The van der Waals surface area contributed by atoms with Gasteiger partial charge in [-0.2, -0.15) is 0 Å². The highest BCUT2D eigenvalue weighted by Crippen LogP contribution is 1.98. The average Bonchev–Trinajstić information content (AvgIpc) is 2.17. The summed E-state index contributed by atoms with van der Waals surface area (Å²) in [6, 6.07) is 0. The SMILES string of the molecule is C=CCOC(C(=O)OC)C(=O)OC. The van der Waals surface area contributed by atoms with Gasteiger partial charge in [0.05, 0.1) is 20.8 Å². The molecule has 0 saturated heterocycles. The van der Waals surface area contributed by atoms with Crippen LogP contribution in [0.5, 0.6) is 0 Å². The summed E-state index contributed by atoms with van der Waals surface area (Å²) in [6.45, 7) is 3.45. The first-order valence-corrected chi connectivity index (χ1v) is 3.55. The van der Waals surface area contributed by atoms with E-state index in [-0.39, 0.29) is 6.61 Å². The summed E-state index contributed by atoms with van der Waals surface area (Å²) >= 11 is 0. The van der Waals surface area contributed by atoms with Gasteiger partial charge in [0.25, 0.3) is 6.10 Å². The molecule has 0 radical (unpaired) electrons. The van der Waals surface area contributed by atoms with E-state index in [9.17, 15) is 9.59 Å². The number of rotatable bonds is 5. The van der Waals surface area contributed by atoms with Gasteiger partial charge in [0.15, 0.2) is 0 Å². The highest BCUT2D eigenvalue weighted by Gasteiger charge is 2.28. The van der Waals surface area contributed by atoms with E-state index in [0.29, 0.717) is 0 Å². The van der Waals surface area contributed by atoms with Crippen molar-refractivity contribution >= 4 is 11.9 Å². The zero-order chi connectivity index (χ0) is 10.3. The summed E-state index contributed by atoms with van der Waals surface area (Å²) in [5, 5.41) is 0. The molecule has 0 aromatic carbocycles. The lowest BCUT2D eigenvalue weighted by Gasteiger charge is -2.11. The largest absolute Gasteiger partial charge is 0.467 e. The lowest BCUT2D eigenvalue weighted by atomic mass is 10.3. The molecule has 0 fully saturated rings. The Bertz CT molecular complexity index is 183. The first-order valence-electron chi connectivity index (χ1n) is 3.55. The number of methoxy groups -OCH3 is 2. The Morgan fingerprint density at radius 3 is 2.08 bits per heavy atom. The highest BCUT2D eigenvalue weighted by molar-refractivity contribution is 5.97. The third-order valence-electron chi connectivity index (χ3n) is 1.21. The van der Waals surface area contributed by atoms with Gasteiger partial charge in [-0.3, -0.25) is 0 Å². The summed E-state index contributed by atoms with van der Waals surface area (Å²) in [7, 11) is 2.32. The lowest BCUT2D eigenvalue weighted by molar-refractivity contribution is -0.169. The van der Waals surface area contributed by atoms with Crippen molar-refractivity contribution in [1.29, 1.82) is 0 Å². The molecule has 74 valence electrons. The zero-order valence-corrected chi connectivity index (χ0v) is 7.61. The predicted octanol–water partition coefficient (Wildman–Crippen LogP) is -0.0964. The molecule has 5 nitrogen and oxygen atoms in total. The van der Waals surface area contributed by atoms with E-state index in [0.717, 1.165) is 14.2 Å². The Balaban J connectivity index is 4.26. The monoisotopic (exact) mass is 188 g/mol. The standard InChI is InChI=1S/C8H12O5/c1-4-5-13-6(7(9)11-2)8(10)12-3/h4,6H,1,5H2,2-3H3. The van der Waals surface area contributed by atoms with Crippen LogP contribution in [0.1, 0.15) is 0 Å². The fraction of sp³-hybridized carbons (Fsp3) is 0.500. The van der Waals surface area contributed by atoms with E-state index in [1.165, 1.54) is 6.08 Å². The normalized spacial score (nSPS) is 9.46. The summed E-state index contributed by atoms with van der Waals surface area (Å²) in [6.07, 6.45) is 0.0896. The van der Waals surface area contributed by atoms with Crippen LogP contribution in [-0.4, -0.2) is 38.9 Å². The molecule has 0 aromatic rings. The van der Waals surface area contributed by atoms with Gasteiger partial charge in [0.2, 0.25) is 0 Å². The molecule has 0 aliphatic carbocycles. The third kappa shape index (κ3) is 3.71. The summed E-state index contributed by atoms with van der Waals surface area (Å²) in [5.41, 5.74) is 0. The highest BCUT2D eigenvalue weighted by atomic mass is 16.6. The van der Waals surface area contributed by atoms with Crippen molar-refractivity contribution < 1.29 is 23.8 Å². The van der Waals surface area contributed by atoms with Gasteiger partial charge in [0.1, 0.15) is 0 Å². The minimum atomic E-state index is -1.33. The van der Waals surface area contributed by atoms with E-state index < -0.39 is 18.0 Å². The average molecular weight is 188 g/mol. The van der Waals surface area contributed by atoms with Gasteiger partial charge in [-0.25, -0.2) is 9.59 Å². The molecule has 0 saturated carbocycles. The van der Waals surface area contributed by atoms with E-state index in [1.807, 2.05) is 0 Å². The van der Waals surface area contributed by atoms with E-state index in [4.69, 9.17) is 4.74 Å². The molecule has 0 rings (SSSR count). The Kier molecular flexibility index (Phi) is 5.54. The number of hydrogen-bond acceptors (Lipinski definition) is 5. The summed E-state index contributed by atoms with van der Waals surface area (Å²) in [5.74, 6) is -1.57. The fourth-order valence-corrected chi connectivity index (χ4v) is 0.611. The predicted molar refractivity (Wildman–Crippen MR) is 44.0 cm³/mol. The Labute approximate surface area is 76.3 Å². The molecule has 0 amide bonds. The Morgan fingerprint density at radius 2 is 1.77 bits per heavy atom.